The molecule has 1 nitrogen and oxygen atoms in total. The van der Waals surface area contributed by atoms with Crippen LogP contribution in [0.15, 0.2) is 30.9 Å². The highest BCUT2D eigenvalue weighted by Crippen LogP contribution is 2.27. The first-order valence-electron chi connectivity index (χ1n) is 6.65. The van der Waals surface area contributed by atoms with Gasteiger partial charge in [0.15, 0.2) is 0 Å². The van der Waals surface area contributed by atoms with Gasteiger partial charge in [-0.3, -0.25) is 0 Å². The summed E-state index contributed by atoms with van der Waals surface area (Å²) in [5, 5.41) is 3.58. The van der Waals surface area contributed by atoms with Gasteiger partial charge in [0, 0.05) is 12.0 Å². The third kappa shape index (κ3) is 4.96. The van der Waals surface area contributed by atoms with Crippen molar-refractivity contribution in [2.75, 3.05) is 13.1 Å². The van der Waals surface area contributed by atoms with Crippen LogP contribution in [0.25, 0.3) is 0 Å². The first-order chi connectivity index (χ1) is 8.88. The monoisotopic (exact) mass is 283 g/mol. The highest BCUT2D eigenvalue weighted by atomic mass is 35.5. The van der Waals surface area contributed by atoms with Crippen molar-refractivity contribution >= 4 is 11.6 Å². The van der Waals surface area contributed by atoms with Crippen molar-refractivity contribution in [2.24, 2.45) is 11.3 Å². The van der Waals surface area contributed by atoms with Gasteiger partial charge in [0.1, 0.15) is 5.82 Å². The third-order valence-electron chi connectivity index (χ3n) is 3.20. The summed E-state index contributed by atoms with van der Waals surface area (Å²) >= 11 is 5.82. The number of hydrogen-bond acceptors (Lipinski definition) is 1. The molecular formula is C16H23ClFN. The van der Waals surface area contributed by atoms with E-state index in [1.54, 1.807) is 18.2 Å². The van der Waals surface area contributed by atoms with Crippen molar-refractivity contribution in [3.05, 3.63) is 47.3 Å². The van der Waals surface area contributed by atoms with Crippen LogP contribution < -0.4 is 5.32 Å². The van der Waals surface area contributed by atoms with E-state index in [4.69, 9.17) is 11.6 Å². The van der Waals surface area contributed by atoms with Crippen LogP contribution in [0, 0.1) is 17.2 Å². The van der Waals surface area contributed by atoms with Gasteiger partial charge < -0.3 is 5.32 Å². The fraction of sp³-hybridized carbons (Fsp3) is 0.500. The van der Waals surface area contributed by atoms with Gasteiger partial charge in [-0.15, -0.1) is 6.58 Å². The van der Waals surface area contributed by atoms with Crippen molar-refractivity contribution < 1.29 is 4.39 Å². The van der Waals surface area contributed by atoms with E-state index >= 15 is 0 Å². The molecule has 0 aliphatic carbocycles. The largest absolute Gasteiger partial charge is 0.316 e. The molecule has 1 aromatic carbocycles. The molecule has 1 atom stereocenters. The molecule has 1 aromatic rings. The van der Waals surface area contributed by atoms with Gasteiger partial charge >= 0.3 is 0 Å². The lowest BCUT2D eigenvalue weighted by Gasteiger charge is -2.27. The molecule has 0 aliphatic heterocycles. The van der Waals surface area contributed by atoms with Crippen LogP contribution in [0.2, 0.25) is 5.02 Å². The lowest BCUT2D eigenvalue weighted by molar-refractivity contribution is 0.372. The Kier molecular flexibility index (Phi) is 6.02. The van der Waals surface area contributed by atoms with Gasteiger partial charge in [0.25, 0.3) is 0 Å². The molecule has 0 aliphatic rings. The van der Waals surface area contributed by atoms with Gasteiger partial charge in [0.2, 0.25) is 0 Å². The van der Waals surface area contributed by atoms with E-state index in [0.717, 1.165) is 13.1 Å². The minimum Gasteiger partial charge on any atom is -0.316 e. The maximum atomic E-state index is 13.9. The summed E-state index contributed by atoms with van der Waals surface area (Å²) in [6.45, 7) is 12.0. The zero-order valence-corrected chi connectivity index (χ0v) is 12.7. The van der Waals surface area contributed by atoms with Crippen LogP contribution in [0.1, 0.15) is 26.3 Å². The molecule has 0 spiro atoms. The Bertz CT molecular complexity index is 431. The summed E-state index contributed by atoms with van der Waals surface area (Å²) in [4.78, 5) is 0. The molecule has 0 saturated heterocycles. The van der Waals surface area contributed by atoms with Crippen LogP contribution >= 0.6 is 11.6 Å². The minimum absolute atomic E-state index is 0.180. The summed E-state index contributed by atoms with van der Waals surface area (Å²) in [5.41, 5.74) is 0.460. The summed E-state index contributed by atoms with van der Waals surface area (Å²) in [6, 6.07) is 5.14. The molecule has 0 amide bonds. The normalized spacial score (nSPS) is 14.4. The lowest BCUT2D eigenvalue weighted by Crippen LogP contribution is -2.34. The Labute approximate surface area is 120 Å². The molecule has 0 saturated carbocycles. The molecule has 0 aromatic heterocycles. The molecule has 0 bridgehead atoms. The van der Waals surface area contributed by atoms with Crippen LogP contribution in [-0.4, -0.2) is 13.1 Å². The van der Waals surface area contributed by atoms with Crippen molar-refractivity contribution in [3.63, 3.8) is 0 Å². The zero-order chi connectivity index (χ0) is 14.5. The van der Waals surface area contributed by atoms with E-state index < -0.39 is 0 Å². The molecule has 1 N–H and O–H groups in total. The molecular weight excluding hydrogens is 261 g/mol. The first kappa shape index (κ1) is 16.2. The van der Waals surface area contributed by atoms with Gasteiger partial charge in [-0.1, -0.05) is 50.6 Å². The maximum absolute atomic E-state index is 13.9. The number of rotatable bonds is 7. The average Bonchev–Trinajstić information content (AvgIpc) is 2.34. The predicted molar refractivity (Wildman–Crippen MR) is 81.1 cm³/mol. The van der Waals surface area contributed by atoms with E-state index in [1.165, 1.54) is 0 Å². The van der Waals surface area contributed by atoms with Crippen LogP contribution in [0.5, 0.6) is 0 Å². The molecule has 1 rings (SSSR count). The summed E-state index contributed by atoms with van der Waals surface area (Å²) in [6.07, 6.45) is 2.48. The summed E-state index contributed by atoms with van der Waals surface area (Å²) < 4.78 is 13.9. The van der Waals surface area contributed by atoms with Gasteiger partial charge in [-0.25, -0.2) is 4.39 Å². The van der Waals surface area contributed by atoms with E-state index in [2.05, 4.69) is 32.7 Å². The lowest BCUT2D eigenvalue weighted by atomic mass is 9.83. The predicted octanol–water partition coefficient (Wildman–Crippen LogP) is 4.46. The first-order valence-corrected chi connectivity index (χ1v) is 7.03. The van der Waals surface area contributed by atoms with Crippen LogP contribution in [0.3, 0.4) is 0 Å². The highest BCUT2D eigenvalue weighted by molar-refractivity contribution is 6.30. The number of nitrogens with one attached hydrogen (secondary N) is 1. The topological polar surface area (TPSA) is 12.0 Å². The van der Waals surface area contributed by atoms with E-state index in [-0.39, 0.29) is 16.3 Å². The van der Waals surface area contributed by atoms with Crippen LogP contribution in [0.4, 0.5) is 4.39 Å². The number of benzene rings is 1. The number of hydrogen-bond donors (Lipinski definition) is 1. The summed E-state index contributed by atoms with van der Waals surface area (Å²) in [7, 11) is 0. The van der Waals surface area contributed by atoms with E-state index in [9.17, 15) is 4.39 Å². The Morgan fingerprint density at radius 2 is 2.16 bits per heavy atom. The van der Waals surface area contributed by atoms with Gasteiger partial charge in [-0.2, -0.15) is 0 Å². The second-order valence-corrected chi connectivity index (χ2v) is 6.18. The van der Waals surface area contributed by atoms with Crippen molar-refractivity contribution in [1.29, 1.82) is 0 Å². The summed E-state index contributed by atoms with van der Waals surface area (Å²) in [5.74, 6) is 0.276. The molecule has 3 heteroatoms. The van der Waals surface area contributed by atoms with Crippen molar-refractivity contribution in [3.8, 4) is 0 Å². The second kappa shape index (κ2) is 7.06. The van der Waals surface area contributed by atoms with Gasteiger partial charge in [-0.05, 0) is 30.5 Å². The number of halogens is 2. The Morgan fingerprint density at radius 1 is 1.47 bits per heavy atom. The molecule has 19 heavy (non-hydrogen) atoms. The van der Waals surface area contributed by atoms with Crippen molar-refractivity contribution in [2.45, 2.75) is 27.2 Å². The molecule has 0 heterocycles. The standard InChI is InChI=1S/C16H23ClFN/c1-5-16(4,11-19-10-12(2)3)9-13-7-6-8-14(17)15(13)18/h5-8,12,19H,1,9-11H2,2-4H3. The van der Waals surface area contributed by atoms with Crippen LogP contribution in [-0.2, 0) is 6.42 Å². The highest BCUT2D eigenvalue weighted by Gasteiger charge is 2.22. The maximum Gasteiger partial charge on any atom is 0.144 e. The quantitative estimate of drug-likeness (QED) is 0.729. The van der Waals surface area contributed by atoms with E-state index in [1.807, 2.05) is 6.08 Å². The molecule has 0 fully saturated rings. The molecule has 106 valence electrons. The van der Waals surface area contributed by atoms with E-state index in [0.29, 0.717) is 17.9 Å². The van der Waals surface area contributed by atoms with Crippen molar-refractivity contribution in [1.82, 2.24) is 5.32 Å². The average molecular weight is 284 g/mol. The smallest absolute Gasteiger partial charge is 0.144 e. The zero-order valence-electron chi connectivity index (χ0n) is 12.0. The molecule has 1 unspecified atom stereocenters. The fourth-order valence-electron chi connectivity index (χ4n) is 1.97. The molecule has 0 radical (unpaired) electrons. The Balaban J connectivity index is 2.74. The third-order valence-corrected chi connectivity index (χ3v) is 3.49. The second-order valence-electron chi connectivity index (χ2n) is 5.77. The Hall–Kier alpha value is -0.860. The fourth-order valence-corrected chi connectivity index (χ4v) is 2.17. The SMILES string of the molecule is C=CC(C)(CNCC(C)C)Cc1cccc(Cl)c1F. The Morgan fingerprint density at radius 3 is 2.74 bits per heavy atom. The minimum atomic E-state index is -0.318. The van der Waals surface area contributed by atoms with Gasteiger partial charge in [0.05, 0.1) is 5.02 Å².